The molecule has 1 saturated heterocycles. The predicted octanol–water partition coefficient (Wildman–Crippen LogP) is 4.33. The number of nitrogens with two attached hydrogens (primary N) is 1. The number of carboxylic acid groups (broad SMARTS) is 1. The highest BCUT2D eigenvalue weighted by molar-refractivity contribution is 7.98. The second-order valence-corrected chi connectivity index (χ2v) is 27.0. The van der Waals surface area contributed by atoms with E-state index >= 15 is 18.8 Å². The van der Waals surface area contributed by atoms with Crippen molar-refractivity contribution in [1.82, 2.24) is 62.1 Å². The number of hydrogen-bond acceptors (Lipinski definition) is 15. The van der Waals surface area contributed by atoms with Crippen LogP contribution in [0.15, 0.2) is 109 Å². The van der Waals surface area contributed by atoms with E-state index in [0.717, 1.165) is 6.07 Å². The van der Waals surface area contributed by atoms with Crippen molar-refractivity contribution in [2.24, 2.45) is 10.7 Å². The van der Waals surface area contributed by atoms with Gasteiger partial charge in [0, 0.05) is 114 Å². The van der Waals surface area contributed by atoms with E-state index < -0.39 is 150 Å². The van der Waals surface area contributed by atoms with Crippen molar-refractivity contribution in [3.8, 4) is 5.75 Å². The lowest BCUT2D eigenvalue weighted by Gasteiger charge is -2.36. The first-order valence-corrected chi connectivity index (χ1v) is 34.9. The summed E-state index contributed by atoms with van der Waals surface area (Å²) >= 11 is 2.78. The number of halogens is 3. The molecule has 530 valence electrons. The standard InChI is InChI=1S/C69H79F3N14O12S2/c1-38-61(91)81-54(26-42-32-76-51-13-9-44(70)28-49(42)51)63(93)82-55(27-43-33-77-52-14-10-45(71)29-50(43)52)64(94)84-57(31-60(89)90)66(96)83-56(30-47-34-74-37-78-47)65(95)85-58(25-39-7-11-48(87)12-8-39)67(97)86-19-5-16-69(86,2)68(98)75-18-21-100-36-41-22-40(23-46(72)24-41)35-99-20-15-59(88)80-53(62(92)79-38)6-3-4-17-73/h7-14,22-24,28-29,32-34,37-38,53-55,57-58,76-77,87H,3-6,15-21,25-27,30-31,35-36,73H2,1-2H3,(H,74,78)(H,75,98)(H,79,92)(H,80,88)(H,81,91)(H,82,93)(H,84,94)(H,85,95)(H,89,90)/t38-,53+,54+,55+,57+,58+,69+/m1/s1. The number of nitrogens with zero attached hydrogens (tertiary/aromatic N) is 3. The number of carbonyl (C=O) groups excluding carboxylic acids is 9. The molecular formula is C69H79F3N14O12S2. The van der Waals surface area contributed by atoms with Crippen molar-refractivity contribution < 1.29 is 71.3 Å². The Labute approximate surface area is 581 Å². The summed E-state index contributed by atoms with van der Waals surface area (Å²) in [5.41, 5.74) is 7.10. The largest absolute Gasteiger partial charge is 0.508 e. The number of fused-ring (bicyclic) bond motifs is 5. The molecule has 2 bridgehead atoms. The molecule has 0 spiro atoms. The van der Waals surface area contributed by atoms with Gasteiger partial charge in [-0.1, -0.05) is 18.2 Å². The zero-order valence-corrected chi connectivity index (χ0v) is 56.5. The fraction of sp³-hybridized carbons (Fsp3) is 0.391. The third-order valence-electron chi connectivity index (χ3n) is 17.3. The van der Waals surface area contributed by atoms with Crippen molar-refractivity contribution in [3.05, 3.63) is 155 Å². The number of carbonyl (C=O) groups is 10. The van der Waals surface area contributed by atoms with Gasteiger partial charge in [-0.3, -0.25) is 47.9 Å². The number of benzene rings is 4. The van der Waals surface area contributed by atoms with Crippen molar-refractivity contribution in [3.63, 3.8) is 0 Å². The van der Waals surface area contributed by atoms with Crippen LogP contribution in [-0.2, 0) is 85.1 Å². The Morgan fingerprint density at radius 3 is 1.90 bits per heavy atom. The number of H-pyrrole nitrogens is 3. The molecule has 26 nitrogen and oxygen atoms in total. The van der Waals surface area contributed by atoms with Gasteiger partial charge in [0.25, 0.3) is 11.8 Å². The van der Waals surface area contributed by atoms with E-state index in [9.17, 15) is 52.6 Å². The highest BCUT2D eigenvalue weighted by atomic mass is 32.2. The van der Waals surface area contributed by atoms with Crippen molar-refractivity contribution in [2.45, 2.75) is 138 Å². The number of aromatic hydroxyl groups is 1. The molecule has 4 aromatic carbocycles. The maximum Gasteiger partial charge on any atom is 0.305 e. The van der Waals surface area contributed by atoms with Crippen LogP contribution in [0.4, 0.5) is 13.2 Å². The number of aromatic amines is 3. The fourth-order valence-corrected chi connectivity index (χ4v) is 13.6. The number of aliphatic carboxylic acids is 1. The number of phenolic OH excluding ortho intramolecular Hbond substituents is 1. The van der Waals surface area contributed by atoms with Gasteiger partial charge in [0.15, 0.2) is 0 Å². The first-order valence-electron chi connectivity index (χ1n) is 32.6. The number of thioether (sulfide) groups is 2. The quantitative estimate of drug-likeness (QED) is 0.0674. The van der Waals surface area contributed by atoms with Crippen LogP contribution >= 0.6 is 23.5 Å². The van der Waals surface area contributed by atoms with Gasteiger partial charge in [-0.25, -0.2) is 23.1 Å². The predicted molar refractivity (Wildman–Crippen MR) is 369 cm³/mol. The number of carboxylic acids is 1. The Bertz CT molecular complexity index is 4170. The second-order valence-electron chi connectivity index (χ2n) is 24.8. The van der Waals surface area contributed by atoms with Crippen LogP contribution < -0.4 is 43.0 Å². The summed E-state index contributed by atoms with van der Waals surface area (Å²) in [4.78, 5) is 162. The van der Waals surface area contributed by atoms with Crippen LogP contribution in [-0.4, -0.2) is 173 Å². The number of aliphatic imine (C=N–C) groups is 1. The maximum atomic E-state index is 15.1. The topological polar surface area (TPSA) is 397 Å². The van der Waals surface area contributed by atoms with E-state index in [2.05, 4.69) is 62.1 Å². The zero-order chi connectivity index (χ0) is 71.6. The van der Waals surface area contributed by atoms with Gasteiger partial charge < -0.3 is 73.0 Å². The highest BCUT2D eigenvalue weighted by Crippen LogP contribution is 2.31. The molecule has 0 unspecified atom stereocenters. The number of hydrogen-bond donors (Lipinski definition) is 13. The normalized spacial score (nSPS) is 22.2. The lowest BCUT2D eigenvalue weighted by Crippen LogP contribution is -2.60. The van der Waals surface area contributed by atoms with E-state index in [1.165, 1.54) is 127 Å². The zero-order valence-electron chi connectivity index (χ0n) is 54.9. The molecule has 2 aliphatic rings. The summed E-state index contributed by atoms with van der Waals surface area (Å²) in [6.07, 6.45) is 4.31. The van der Waals surface area contributed by atoms with Gasteiger partial charge in [-0.2, -0.15) is 23.5 Å². The van der Waals surface area contributed by atoms with Crippen LogP contribution in [0.3, 0.4) is 0 Å². The van der Waals surface area contributed by atoms with Crippen LogP contribution in [0.25, 0.3) is 21.8 Å². The number of rotatable bonds is 14. The molecule has 7 aromatic rings. The molecule has 1 fully saturated rings. The number of phenols is 1. The number of aromatic nitrogens is 4. The Morgan fingerprint density at radius 1 is 0.680 bits per heavy atom. The summed E-state index contributed by atoms with van der Waals surface area (Å²) in [5.74, 6) is -10.3. The lowest BCUT2D eigenvalue weighted by molar-refractivity contribution is -0.146. The fourth-order valence-electron chi connectivity index (χ4n) is 12.0. The number of amides is 9. The first kappa shape index (κ1) is 74.2. The molecule has 100 heavy (non-hydrogen) atoms. The molecule has 3 aromatic heterocycles. The van der Waals surface area contributed by atoms with E-state index in [0.29, 0.717) is 75.2 Å². The van der Waals surface area contributed by atoms with Crippen molar-refractivity contribution in [2.75, 3.05) is 31.1 Å². The smallest absolute Gasteiger partial charge is 0.305 e. The van der Waals surface area contributed by atoms with Crippen molar-refractivity contribution in [1.29, 1.82) is 0 Å². The molecule has 9 amide bonds. The SMILES string of the molecule is C[C@H]1NC(=O)[C@H](CCCCN)NC(=O)CCSCc2cc(F)cc(c2)CSCCNC(=O)[C@]2(C)CCCN2C(=O)[C@H](Cc2ccc(O)cc2)NC(=O)C(Cc2cnc[nH]2)=NC(=O)[C@H](CC(=O)O)NC(=O)[C@H](Cc2c[nH]c3ccc(F)cc23)NC(=O)[C@H](Cc2c[nH]c3ccc(F)cc23)NC1=O. The third-order valence-corrected chi connectivity index (χ3v) is 19.3. The molecule has 0 radical (unpaired) electrons. The average Bonchev–Trinajstić information content (AvgIpc) is 1.60. The Morgan fingerprint density at radius 2 is 1.29 bits per heavy atom. The van der Waals surface area contributed by atoms with Crippen molar-refractivity contribution >= 4 is 110 Å². The number of unbranched alkanes of at least 4 members (excludes halogenated alkanes) is 1. The molecule has 31 heteroatoms. The van der Waals surface area contributed by atoms with Crippen LogP contribution in [0, 0.1) is 17.5 Å². The highest BCUT2D eigenvalue weighted by Gasteiger charge is 2.48. The molecule has 14 N–H and O–H groups in total. The van der Waals surface area contributed by atoms with Gasteiger partial charge in [0.1, 0.15) is 70.7 Å². The summed E-state index contributed by atoms with van der Waals surface area (Å²) in [6.45, 7) is 3.44. The summed E-state index contributed by atoms with van der Waals surface area (Å²) in [6, 6.07) is 8.36. The molecular weight excluding hydrogens is 1340 g/mol. The minimum Gasteiger partial charge on any atom is -0.508 e. The Hall–Kier alpha value is -10.0. The lowest BCUT2D eigenvalue weighted by atomic mass is 9.95. The molecule has 9 rings (SSSR count). The molecule has 5 heterocycles. The number of imidazole rings is 1. The summed E-state index contributed by atoms with van der Waals surface area (Å²) in [7, 11) is 0. The first-order chi connectivity index (χ1) is 47.9. The molecule has 7 atom stereocenters. The summed E-state index contributed by atoms with van der Waals surface area (Å²) < 4.78 is 44.9. The number of nitrogens with one attached hydrogen (secondary N) is 10. The van der Waals surface area contributed by atoms with Gasteiger partial charge in [0.2, 0.25) is 41.4 Å². The molecule has 2 aliphatic heterocycles. The van der Waals surface area contributed by atoms with Crippen LogP contribution in [0.1, 0.15) is 92.3 Å². The van der Waals surface area contributed by atoms with E-state index in [4.69, 9.17) is 5.73 Å². The van der Waals surface area contributed by atoms with Gasteiger partial charge in [-0.05, 0) is 141 Å². The van der Waals surface area contributed by atoms with Gasteiger partial charge >= 0.3 is 5.97 Å². The minimum absolute atomic E-state index is 0.0458. The maximum absolute atomic E-state index is 15.1. The monoisotopic (exact) mass is 1420 g/mol. The minimum atomic E-state index is -2.11. The van der Waals surface area contributed by atoms with Gasteiger partial charge in [0.05, 0.1) is 12.7 Å². The van der Waals surface area contributed by atoms with Gasteiger partial charge in [-0.15, -0.1) is 0 Å². The van der Waals surface area contributed by atoms with E-state index in [1.54, 1.807) is 6.92 Å². The molecule has 0 saturated carbocycles. The molecule has 0 aliphatic carbocycles. The average molecular weight is 1420 g/mol. The Kier molecular flexibility index (Phi) is 25.7. The Balaban J connectivity index is 1.07. The van der Waals surface area contributed by atoms with E-state index in [-0.39, 0.29) is 73.5 Å². The van der Waals surface area contributed by atoms with E-state index in [1.807, 2.05) is 6.07 Å². The second kappa shape index (κ2) is 34.7. The van der Waals surface area contributed by atoms with Crippen LogP contribution in [0.2, 0.25) is 0 Å². The van der Waals surface area contributed by atoms with Crippen LogP contribution in [0.5, 0.6) is 5.75 Å². The summed E-state index contributed by atoms with van der Waals surface area (Å²) in [5, 5.41) is 39.7. The third kappa shape index (κ3) is 20.1.